The van der Waals surface area contributed by atoms with Crippen LogP contribution in [0.15, 0.2) is 0 Å². The maximum Gasteiger partial charge on any atom is 0.249 e. The van der Waals surface area contributed by atoms with Crippen LogP contribution in [0.3, 0.4) is 0 Å². The van der Waals surface area contributed by atoms with Gasteiger partial charge >= 0.3 is 0 Å². The highest BCUT2D eigenvalue weighted by atomic mass is 16.2. The molecule has 0 radical (unpaired) electrons. The van der Waals surface area contributed by atoms with Gasteiger partial charge in [0.15, 0.2) is 0 Å². The lowest BCUT2D eigenvalue weighted by molar-refractivity contribution is -0.159. The molecule has 1 spiro atoms. The summed E-state index contributed by atoms with van der Waals surface area (Å²) >= 11 is 0. The summed E-state index contributed by atoms with van der Waals surface area (Å²) < 4.78 is 0. The van der Waals surface area contributed by atoms with Crippen LogP contribution in [-0.4, -0.2) is 34.8 Å². The minimum absolute atomic E-state index is 0.0300. The van der Waals surface area contributed by atoms with Crippen LogP contribution in [0.4, 0.5) is 0 Å². The number of rotatable bonds is 2. The molecule has 108 valence electrons. The van der Waals surface area contributed by atoms with E-state index in [0.29, 0.717) is 6.54 Å². The smallest absolute Gasteiger partial charge is 0.249 e. The van der Waals surface area contributed by atoms with E-state index >= 15 is 0 Å². The summed E-state index contributed by atoms with van der Waals surface area (Å²) in [5.41, 5.74) is -0.816. The molecule has 1 aliphatic heterocycles. The molecule has 2 amide bonds. The zero-order chi connectivity index (χ0) is 14.3. The normalized spacial score (nSPS) is 26.9. The molecular weight excluding hydrogens is 240 g/mol. The van der Waals surface area contributed by atoms with E-state index in [9.17, 15) is 9.59 Å². The van der Waals surface area contributed by atoms with E-state index in [2.05, 4.69) is 12.2 Å². The van der Waals surface area contributed by atoms with Crippen molar-refractivity contribution in [3.8, 4) is 0 Å². The van der Waals surface area contributed by atoms with Gasteiger partial charge in [0.1, 0.15) is 11.6 Å². The first-order valence-electron chi connectivity index (χ1n) is 7.45. The molecule has 2 fully saturated rings. The lowest BCUT2D eigenvalue weighted by Crippen LogP contribution is -2.71. The second-order valence-corrected chi connectivity index (χ2v) is 7.05. The number of piperazine rings is 1. The minimum atomic E-state index is -0.589. The summed E-state index contributed by atoms with van der Waals surface area (Å²) in [4.78, 5) is 27.2. The number of carbonyl (C=O) groups excluding carboxylic acids is 2. The summed E-state index contributed by atoms with van der Waals surface area (Å²) in [6, 6.07) is -0.342. The average molecular weight is 266 g/mol. The molecule has 1 aliphatic carbocycles. The van der Waals surface area contributed by atoms with Crippen LogP contribution < -0.4 is 5.32 Å². The predicted molar refractivity (Wildman–Crippen MR) is 74.6 cm³/mol. The number of carbonyl (C=O) groups is 2. The van der Waals surface area contributed by atoms with Gasteiger partial charge in [0.2, 0.25) is 11.8 Å². The first-order valence-corrected chi connectivity index (χ1v) is 7.45. The molecular formula is C15H26N2O2. The fourth-order valence-electron chi connectivity index (χ4n) is 3.54. The summed E-state index contributed by atoms with van der Waals surface area (Å²) in [6.07, 6.45) is 4.56. The van der Waals surface area contributed by atoms with Crippen LogP contribution in [-0.2, 0) is 9.59 Å². The molecule has 19 heavy (non-hydrogen) atoms. The van der Waals surface area contributed by atoms with Crippen molar-refractivity contribution < 1.29 is 9.59 Å². The maximum absolute atomic E-state index is 12.9. The quantitative estimate of drug-likeness (QED) is 0.832. The highest BCUT2D eigenvalue weighted by Gasteiger charge is 2.54. The van der Waals surface area contributed by atoms with Gasteiger partial charge in [0.05, 0.1) is 0 Å². The molecule has 1 atom stereocenters. The van der Waals surface area contributed by atoms with Crippen molar-refractivity contribution in [1.82, 2.24) is 10.2 Å². The Morgan fingerprint density at radius 1 is 1.26 bits per heavy atom. The van der Waals surface area contributed by atoms with E-state index < -0.39 is 5.54 Å². The Balaban J connectivity index is 2.34. The van der Waals surface area contributed by atoms with Gasteiger partial charge in [0.25, 0.3) is 0 Å². The number of nitrogens with zero attached hydrogens (tertiary/aromatic N) is 1. The van der Waals surface area contributed by atoms with Crippen LogP contribution in [0.5, 0.6) is 0 Å². The number of amides is 2. The van der Waals surface area contributed by atoms with Gasteiger partial charge in [-0.1, -0.05) is 40.5 Å². The highest BCUT2D eigenvalue weighted by molar-refractivity contribution is 6.00. The third kappa shape index (κ3) is 2.37. The van der Waals surface area contributed by atoms with Crippen LogP contribution in [0, 0.1) is 5.41 Å². The topological polar surface area (TPSA) is 49.4 Å². The van der Waals surface area contributed by atoms with Crippen LogP contribution in [0.25, 0.3) is 0 Å². The van der Waals surface area contributed by atoms with Crippen molar-refractivity contribution in [2.75, 3.05) is 6.54 Å². The second kappa shape index (κ2) is 4.80. The third-order valence-corrected chi connectivity index (χ3v) is 4.33. The van der Waals surface area contributed by atoms with E-state index in [4.69, 9.17) is 0 Å². The standard InChI is InChI=1S/C15H26N2O2/c1-5-10-17-11(14(2,3)4)12(18)16-15(13(17)19)8-6-7-9-15/h11H,5-10H2,1-4H3,(H,16,18). The largest absolute Gasteiger partial charge is 0.340 e. The van der Waals surface area contributed by atoms with Gasteiger partial charge < -0.3 is 10.2 Å². The Morgan fingerprint density at radius 2 is 1.84 bits per heavy atom. The molecule has 1 N–H and O–H groups in total. The van der Waals surface area contributed by atoms with E-state index in [1.54, 1.807) is 0 Å². The number of nitrogens with one attached hydrogen (secondary N) is 1. The minimum Gasteiger partial charge on any atom is -0.340 e. The number of hydrogen-bond acceptors (Lipinski definition) is 2. The third-order valence-electron chi connectivity index (χ3n) is 4.33. The van der Waals surface area contributed by atoms with Crippen molar-refractivity contribution in [1.29, 1.82) is 0 Å². The molecule has 0 aromatic rings. The average Bonchev–Trinajstić information content (AvgIpc) is 2.73. The predicted octanol–water partition coefficient (Wildman–Crippen LogP) is 2.08. The Labute approximate surface area is 115 Å². The first kappa shape index (κ1) is 14.4. The molecule has 4 heteroatoms. The fourth-order valence-corrected chi connectivity index (χ4v) is 3.54. The molecule has 2 rings (SSSR count). The van der Waals surface area contributed by atoms with Gasteiger partial charge in [-0.3, -0.25) is 9.59 Å². The molecule has 0 aromatic carbocycles. The van der Waals surface area contributed by atoms with E-state index in [1.807, 2.05) is 25.7 Å². The zero-order valence-corrected chi connectivity index (χ0v) is 12.6. The number of hydrogen-bond donors (Lipinski definition) is 1. The summed E-state index contributed by atoms with van der Waals surface area (Å²) in [5.74, 6) is 0.175. The van der Waals surface area contributed by atoms with Crippen molar-refractivity contribution in [2.24, 2.45) is 5.41 Å². The summed E-state index contributed by atoms with van der Waals surface area (Å²) in [6.45, 7) is 8.82. The molecule has 0 bridgehead atoms. The molecule has 1 saturated heterocycles. The van der Waals surface area contributed by atoms with Gasteiger partial charge in [-0.05, 0) is 24.7 Å². The monoisotopic (exact) mass is 266 g/mol. The van der Waals surface area contributed by atoms with Gasteiger partial charge in [-0.25, -0.2) is 0 Å². The van der Waals surface area contributed by atoms with E-state index in [0.717, 1.165) is 32.1 Å². The van der Waals surface area contributed by atoms with Gasteiger partial charge in [0, 0.05) is 6.54 Å². The summed E-state index contributed by atoms with van der Waals surface area (Å²) in [7, 11) is 0. The van der Waals surface area contributed by atoms with Crippen molar-refractivity contribution in [3.05, 3.63) is 0 Å². The lowest BCUT2D eigenvalue weighted by atomic mass is 9.80. The molecule has 1 unspecified atom stereocenters. The van der Waals surface area contributed by atoms with Crippen molar-refractivity contribution in [2.45, 2.75) is 71.4 Å². The first-order chi connectivity index (χ1) is 8.82. The fraction of sp³-hybridized carbons (Fsp3) is 0.867. The Kier molecular flexibility index (Phi) is 3.63. The van der Waals surface area contributed by atoms with E-state index in [1.165, 1.54) is 0 Å². The Morgan fingerprint density at radius 3 is 2.32 bits per heavy atom. The van der Waals surface area contributed by atoms with Gasteiger partial charge in [-0.2, -0.15) is 0 Å². The SMILES string of the molecule is CCCN1C(=O)C2(CCCC2)NC(=O)C1C(C)(C)C. The molecule has 1 saturated carbocycles. The maximum atomic E-state index is 12.9. The van der Waals surface area contributed by atoms with Crippen molar-refractivity contribution >= 4 is 11.8 Å². The second-order valence-electron chi connectivity index (χ2n) is 7.05. The zero-order valence-electron chi connectivity index (χ0n) is 12.6. The van der Waals surface area contributed by atoms with Crippen molar-refractivity contribution in [3.63, 3.8) is 0 Å². The summed E-state index contributed by atoms with van der Waals surface area (Å²) in [5, 5.41) is 3.06. The van der Waals surface area contributed by atoms with Crippen LogP contribution in [0.2, 0.25) is 0 Å². The highest BCUT2D eigenvalue weighted by Crippen LogP contribution is 2.38. The molecule has 1 heterocycles. The van der Waals surface area contributed by atoms with Gasteiger partial charge in [-0.15, -0.1) is 0 Å². The van der Waals surface area contributed by atoms with Crippen LogP contribution >= 0.6 is 0 Å². The van der Waals surface area contributed by atoms with E-state index in [-0.39, 0.29) is 23.3 Å². The Hall–Kier alpha value is -1.06. The molecule has 4 nitrogen and oxygen atoms in total. The Bertz CT molecular complexity index is 378. The molecule has 0 aromatic heterocycles. The van der Waals surface area contributed by atoms with Crippen LogP contribution in [0.1, 0.15) is 59.8 Å². The molecule has 2 aliphatic rings. The lowest BCUT2D eigenvalue weighted by Gasteiger charge is -2.48.